The minimum absolute atomic E-state index is 0.245. The van der Waals surface area contributed by atoms with E-state index in [-0.39, 0.29) is 4.90 Å². The minimum atomic E-state index is -3.52. The van der Waals surface area contributed by atoms with E-state index in [2.05, 4.69) is 4.72 Å². The molecule has 98 valence electrons. The van der Waals surface area contributed by atoms with Gasteiger partial charge in [0.2, 0.25) is 10.0 Å². The van der Waals surface area contributed by atoms with Gasteiger partial charge in [0.1, 0.15) is 0 Å². The Kier molecular flexibility index (Phi) is 2.89. The highest BCUT2D eigenvalue weighted by molar-refractivity contribution is 7.89. The van der Waals surface area contributed by atoms with E-state index in [0.717, 1.165) is 0 Å². The molecule has 1 heterocycles. The van der Waals surface area contributed by atoms with E-state index in [1.165, 1.54) is 0 Å². The van der Waals surface area contributed by atoms with E-state index in [4.69, 9.17) is 0 Å². The largest absolute Gasteiger partial charge is 0.386 e. The summed E-state index contributed by atoms with van der Waals surface area (Å²) < 4.78 is 26.5. The maximum atomic E-state index is 12.0. The van der Waals surface area contributed by atoms with Gasteiger partial charge >= 0.3 is 0 Å². The summed E-state index contributed by atoms with van der Waals surface area (Å²) in [5.74, 6) is 0. The fourth-order valence-corrected chi connectivity index (χ4v) is 3.83. The number of sulfonamides is 1. The molecule has 0 bridgehead atoms. The number of hydrogen-bond acceptors (Lipinski definition) is 3. The summed E-state index contributed by atoms with van der Waals surface area (Å²) in [6.45, 7) is 0. The second kappa shape index (κ2) is 4.45. The van der Waals surface area contributed by atoms with E-state index in [1.807, 2.05) is 18.2 Å². The summed E-state index contributed by atoms with van der Waals surface area (Å²) in [6, 6.07) is 15.1. The molecule has 2 atom stereocenters. The van der Waals surface area contributed by atoms with Gasteiger partial charge in [0, 0.05) is 0 Å². The molecule has 2 N–H and O–H groups in total. The Morgan fingerprint density at radius 3 is 2.37 bits per heavy atom. The Balaban J connectivity index is 2.05. The van der Waals surface area contributed by atoms with Crippen LogP contribution in [0, 0.1) is 0 Å². The summed E-state index contributed by atoms with van der Waals surface area (Å²) in [7, 11) is -3.52. The number of fused-ring (bicyclic) bond motifs is 1. The molecule has 0 unspecified atom stereocenters. The van der Waals surface area contributed by atoms with Gasteiger partial charge < -0.3 is 5.11 Å². The van der Waals surface area contributed by atoms with Gasteiger partial charge in [-0.05, 0) is 17.2 Å². The van der Waals surface area contributed by atoms with E-state index in [0.29, 0.717) is 11.1 Å². The van der Waals surface area contributed by atoms with Crippen LogP contribution in [0.25, 0.3) is 0 Å². The van der Waals surface area contributed by atoms with E-state index in [1.54, 1.807) is 36.4 Å². The predicted molar refractivity (Wildman–Crippen MR) is 70.9 cm³/mol. The van der Waals surface area contributed by atoms with Crippen molar-refractivity contribution >= 4 is 10.0 Å². The molecule has 0 aliphatic carbocycles. The van der Waals surface area contributed by atoms with E-state index in [9.17, 15) is 13.5 Å². The van der Waals surface area contributed by atoms with Crippen molar-refractivity contribution in [3.63, 3.8) is 0 Å². The lowest BCUT2D eigenvalue weighted by Gasteiger charge is -2.18. The lowest BCUT2D eigenvalue weighted by atomic mass is 9.97. The first-order chi connectivity index (χ1) is 9.09. The molecule has 2 aromatic carbocycles. The van der Waals surface area contributed by atoms with Gasteiger partial charge in [0.25, 0.3) is 0 Å². The molecule has 1 aliphatic heterocycles. The van der Waals surface area contributed by atoms with Gasteiger partial charge in [-0.15, -0.1) is 0 Å². The molecule has 0 spiro atoms. The van der Waals surface area contributed by atoms with Crippen LogP contribution in [0.1, 0.15) is 23.3 Å². The van der Waals surface area contributed by atoms with Crippen LogP contribution in [0.4, 0.5) is 0 Å². The number of hydrogen-bond donors (Lipinski definition) is 2. The lowest BCUT2D eigenvalue weighted by molar-refractivity contribution is 0.141. The predicted octanol–water partition coefficient (Wildman–Crippen LogP) is 1.75. The Bertz CT molecular complexity index is 698. The van der Waals surface area contributed by atoms with Crippen LogP contribution in [0.15, 0.2) is 59.5 Å². The molecular formula is C14H13NO3S. The first kappa shape index (κ1) is 12.3. The average Bonchev–Trinajstić information content (AvgIpc) is 2.72. The Morgan fingerprint density at radius 2 is 1.63 bits per heavy atom. The van der Waals surface area contributed by atoms with Crippen molar-refractivity contribution in [2.45, 2.75) is 17.0 Å². The van der Waals surface area contributed by atoms with Gasteiger partial charge in [0.05, 0.1) is 17.0 Å². The summed E-state index contributed by atoms with van der Waals surface area (Å²) in [5, 5.41) is 10.4. The van der Waals surface area contributed by atoms with Crippen LogP contribution < -0.4 is 4.72 Å². The van der Waals surface area contributed by atoms with Crippen molar-refractivity contribution in [2.24, 2.45) is 0 Å². The SMILES string of the molecule is O=S1(=O)N[C@@H]([C@H](O)c2ccccc2)c2ccccc21. The van der Waals surface area contributed by atoms with Crippen LogP contribution in [0.5, 0.6) is 0 Å². The average molecular weight is 275 g/mol. The summed E-state index contributed by atoms with van der Waals surface area (Å²) in [5.41, 5.74) is 1.30. The van der Waals surface area contributed by atoms with Gasteiger partial charge in [-0.3, -0.25) is 0 Å². The third kappa shape index (κ3) is 2.06. The van der Waals surface area contributed by atoms with Gasteiger partial charge in [-0.1, -0.05) is 48.5 Å². The zero-order chi connectivity index (χ0) is 13.5. The monoisotopic (exact) mass is 275 g/mol. The molecule has 0 aromatic heterocycles. The Morgan fingerprint density at radius 1 is 1.00 bits per heavy atom. The molecule has 0 fully saturated rings. The highest BCUT2D eigenvalue weighted by atomic mass is 32.2. The fourth-order valence-electron chi connectivity index (χ4n) is 2.35. The molecule has 0 amide bonds. The first-order valence-corrected chi connectivity index (χ1v) is 7.42. The van der Waals surface area contributed by atoms with Gasteiger partial charge in [-0.2, -0.15) is 0 Å². The summed E-state index contributed by atoms with van der Waals surface area (Å²) in [6.07, 6.45) is -0.903. The number of benzene rings is 2. The zero-order valence-electron chi connectivity index (χ0n) is 10.0. The maximum absolute atomic E-state index is 12.0. The summed E-state index contributed by atoms with van der Waals surface area (Å²) in [4.78, 5) is 0.245. The first-order valence-electron chi connectivity index (χ1n) is 5.94. The molecule has 0 saturated carbocycles. The van der Waals surface area contributed by atoms with Crippen LogP contribution in [0.3, 0.4) is 0 Å². The molecule has 0 radical (unpaired) electrons. The smallest absolute Gasteiger partial charge is 0.241 e. The standard InChI is InChI=1S/C14H13NO3S/c16-14(10-6-2-1-3-7-10)13-11-8-4-5-9-12(11)19(17,18)15-13/h1-9,13-16H/t13-,14-/m1/s1. The third-order valence-electron chi connectivity index (χ3n) is 3.28. The van der Waals surface area contributed by atoms with Crippen molar-refractivity contribution in [1.29, 1.82) is 0 Å². The molecule has 5 heteroatoms. The highest BCUT2D eigenvalue weighted by Crippen LogP contribution is 2.38. The van der Waals surface area contributed by atoms with Crippen molar-refractivity contribution in [3.8, 4) is 0 Å². The quantitative estimate of drug-likeness (QED) is 0.877. The maximum Gasteiger partial charge on any atom is 0.241 e. The molecule has 19 heavy (non-hydrogen) atoms. The lowest BCUT2D eigenvalue weighted by Crippen LogP contribution is -2.24. The van der Waals surface area contributed by atoms with E-state index >= 15 is 0 Å². The Hall–Kier alpha value is -1.69. The second-order valence-corrected chi connectivity index (χ2v) is 6.17. The van der Waals surface area contributed by atoms with Gasteiger partial charge in [-0.25, -0.2) is 13.1 Å². The van der Waals surface area contributed by atoms with Crippen molar-refractivity contribution < 1.29 is 13.5 Å². The van der Waals surface area contributed by atoms with Crippen molar-refractivity contribution in [1.82, 2.24) is 4.72 Å². The van der Waals surface area contributed by atoms with Crippen LogP contribution in [-0.2, 0) is 10.0 Å². The van der Waals surface area contributed by atoms with Crippen molar-refractivity contribution in [3.05, 3.63) is 65.7 Å². The fraction of sp³-hybridized carbons (Fsp3) is 0.143. The number of rotatable bonds is 2. The number of aliphatic hydroxyl groups is 1. The molecular weight excluding hydrogens is 262 g/mol. The van der Waals surface area contributed by atoms with Crippen molar-refractivity contribution in [2.75, 3.05) is 0 Å². The van der Waals surface area contributed by atoms with Crippen LogP contribution in [-0.4, -0.2) is 13.5 Å². The number of aliphatic hydroxyl groups excluding tert-OH is 1. The summed E-state index contributed by atoms with van der Waals surface area (Å²) >= 11 is 0. The molecule has 4 nitrogen and oxygen atoms in total. The molecule has 0 saturated heterocycles. The Labute approximate surface area is 111 Å². The molecule has 1 aliphatic rings. The molecule has 3 rings (SSSR count). The molecule has 2 aromatic rings. The normalized spacial score (nSPS) is 21.8. The van der Waals surface area contributed by atoms with Crippen LogP contribution >= 0.6 is 0 Å². The number of nitrogens with one attached hydrogen (secondary N) is 1. The van der Waals surface area contributed by atoms with Gasteiger partial charge in [0.15, 0.2) is 0 Å². The second-order valence-electron chi connectivity index (χ2n) is 4.49. The van der Waals surface area contributed by atoms with Crippen LogP contribution in [0.2, 0.25) is 0 Å². The van der Waals surface area contributed by atoms with E-state index < -0.39 is 22.2 Å². The topological polar surface area (TPSA) is 66.4 Å². The zero-order valence-corrected chi connectivity index (χ0v) is 10.8. The highest BCUT2D eigenvalue weighted by Gasteiger charge is 2.37. The third-order valence-corrected chi connectivity index (χ3v) is 4.80. The minimum Gasteiger partial charge on any atom is -0.386 e.